The summed E-state index contributed by atoms with van der Waals surface area (Å²) < 4.78 is 39.7. The highest BCUT2D eigenvalue weighted by molar-refractivity contribution is 7.91. The second-order valence-corrected chi connectivity index (χ2v) is 18.2. The summed E-state index contributed by atoms with van der Waals surface area (Å²) in [6.07, 6.45) is 5.97. The van der Waals surface area contributed by atoms with Crippen LogP contribution in [0.5, 0.6) is 11.5 Å². The zero-order chi connectivity index (χ0) is 37.2. The van der Waals surface area contributed by atoms with E-state index in [0.29, 0.717) is 54.9 Å². The monoisotopic (exact) mass is 750 g/mol. The van der Waals surface area contributed by atoms with Gasteiger partial charge in [0.1, 0.15) is 39.9 Å². The van der Waals surface area contributed by atoms with Gasteiger partial charge in [-0.3, -0.25) is 14.3 Å². The summed E-state index contributed by atoms with van der Waals surface area (Å²) >= 11 is 1.50. The number of fused-ring (bicyclic) bond motifs is 3. The molecule has 0 bridgehead atoms. The van der Waals surface area contributed by atoms with E-state index in [1.165, 1.54) is 16.2 Å². The van der Waals surface area contributed by atoms with Crippen molar-refractivity contribution in [3.05, 3.63) is 47.0 Å². The minimum atomic E-state index is -3.94. The standard InChI is InChI=1S/C37H46N6O7S2/c1-21(2)27-20-51-32(39-27)26-17-30(25-11-12-29(49-6)22(3)31(25)38-26)50-24-16-28-33(44)42(5)15-9-7-8-10-23-18-37(23,40-35(46)43(28)19-24)34(45)41-52(47,48)36(4)13-14-36/h8,10-12,17,20-21,23-24,28H,7,9,13-16,18-19H2,1-6H3,(H,40,46)(H,41,45)/b10-8-/t23-,24-,28-,37+/m0/s1. The van der Waals surface area contributed by atoms with E-state index in [-0.39, 0.29) is 37.1 Å². The molecule has 0 radical (unpaired) electrons. The summed E-state index contributed by atoms with van der Waals surface area (Å²) in [7, 11) is -0.598. The molecule has 0 unspecified atom stereocenters. The van der Waals surface area contributed by atoms with Crippen LogP contribution in [0.2, 0.25) is 0 Å². The fourth-order valence-corrected chi connectivity index (χ4v) is 9.35. The molecule has 3 fully saturated rings. The average molecular weight is 751 g/mol. The number of nitrogens with one attached hydrogen (secondary N) is 2. The van der Waals surface area contributed by atoms with Crippen molar-refractivity contribution in [2.75, 3.05) is 27.2 Å². The van der Waals surface area contributed by atoms with Crippen LogP contribution < -0.4 is 19.5 Å². The number of likely N-dealkylation sites (N-methyl/N-ethyl adjacent to an activating group) is 1. The SMILES string of the molecule is COc1ccc2c(O[C@H]3C[C@H]4C(=O)N(C)CCC/C=C\[C@H]5C[C@@]5(C(=O)NS(=O)(=O)C5(C)CC5)NC(=O)N4C3)cc(-c3nc(C(C)C)cs3)nc2c1C. The predicted molar refractivity (Wildman–Crippen MR) is 198 cm³/mol. The number of benzene rings is 1. The van der Waals surface area contributed by atoms with Gasteiger partial charge in [0.05, 0.1) is 29.6 Å². The van der Waals surface area contributed by atoms with E-state index in [1.54, 1.807) is 26.0 Å². The van der Waals surface area contributed by atoms with E-state index < -0.39 is 44.4 Å². The molecule has 2 aromatic heterocycles. The Hall–Kier alpha value is -4.24. The average Bonchev–Trinajstić information content (AvgIpc) is 3.87. The lowest BCUT2D eigenvalue weighted by molar-refractivity contribution is -0.133. The molecular formula is C37H46N6O7S2. The normalized spacial score (nSPS) is 26.4. The molecule has 2 saturated carbocycles. The lowest BCUT2D eigenvalue weighted by Gasteiger charge is -2.29. The maximum atomic E-state index is 14.2. The van der Waals surface area contributed by atoms with E-state index in [9.17, 15) is 22.8 Å². The molecule has 13 nitrogen and oxygen atoms in total. The highest BCUT2D eigenvalue weighted by Crippen LogP contribution is 2.48. The van der Waals surface area contributed by atoms with E-state index in [2.05, 4.69) is 23.9 Å². The van der Waals surface area contributed by atoms with Crippen LogP contribution in [-0.4, -0.2) is 95.7 Å². The molecule has 0 spiro atoms. The molecular weight excluding hydrogens is 705 g/mol. The second kappa shape index (κ2) is 13.3. The number of carbonyl (C=O) groups excluding carboxylic acids is 3. The number of thiazole rings is 1. The lowest BCUT2D eigenvalue weighted by Crippen LogP contribution is -2.58. The molecule has 15 heteroatoms. The first-order chi connectivity index (χ1) is 24.7. The molecule has 4 heterocycles. The number of aryl methyl sites for hydroxylation is 1. The van der Waals surface area contributed by atoms with Crippen molar-refractivity contribution in [2.24, 2.45) is 5.92 Å². The largest absolute Gasteiger partial charge is 0.496 e. The van der Waals surface area contributed by atoms with Gasteiger partial charge in [0.15, 0.2) is 0 Å². The molecule has 2 aliphatic carbocycles. The summed E-state index contributed by atoms with van der Waals surface area (Å²) in [5, 5.41) is 6.41. The van der Waals surface area contributed by atoms with Gasteiger partial charge in [0.25, 0.3) is 5.91 Å². The van der Waals surface area contributed by atoms with Gasteiger partial charge in [0, 0.05) is 48.3 Å². The first-order valence-electron chi connectivity index (χ1n) is 17.8. The van der Waals surface area contributed by atoms with Gasteiger partial charge < -0.3 is 24.6 Å². The Kier molecular flexibility index (Phi) is 9.25. The Morgan fingerprint density at radius 1 is 1.17 bits per heavy atom. The molecule has 3 aromatic rings. The first-order valence-corrected chi connectivity index (χ1v) is 20.2. The number of ether oxygens (including phenoxy) is 2. The van der Waals surface area contributed by atoms with Crippen LogP contribution >= 0.6 is 11.3 Å². The smallest absolute Gasteiger partial charge is 0.319 e. The summed E-state index contributed by atoms with van der Waals surface area (Å²) in [5.74, 6) is 0.0959. The molecule has 7 rings (SSSR count). The van der Waals surface area contributed by atoms with Crippen molar-refractivity contribution in [3.8, 4) is 22.2 Å². The van der Waals surface area contributed by atoms with Gasteiger partial charge in [-0.1, -0.05) is 26.0 Å². The van der Waals surface area contributed by atoms with Crippen molar-refractivity contribution in [2.45, 2.75) is 94.6 Å². The molecule has 2 aliphatic heterocycles. The van der Waals surface area contributed by atoms with Gasteiger partial charge in [-0.2, -0.15) is 0 Å². The Balaban J connectivity index is 1.21. The van der Waals surface area contributed by atoms with Crippen LogP contribution in [-0.2, 0) is 19.6 Å². The number of methoxy groups -OCH3 is 1. The van der Waals surface area contributed by atoms with Gasteiger partial charge in [-0.05, 0) is 64.0 Å². The third-order valence-electron chi connectivity index (χ3n) is 11.0. The quantitative estimate of drug-likeness (QED) is 0.306. The third-order valence-corrected chi connectivity index (χ3v) is 14.0. The van der Waals surface area contributed by atoms with Crippen LogP contribution in [0.15, 0.2) is 35.7 Å². The summed E-state index contributed by atoms with van der Waals surface area (Å²) in [6.45, 7) is 8.27. The molecule has 1 saturated heterocycles. The van der Waals surface area contributed by atoms with Crippen molar-refractivity contribution < 1.29 is 32.3 Å². The number of hydrogen-bond acceptors (Lipinski definition) is 10. The summed E-state index contributed by atoms with van der Waals surface area (Å²) in [4.78, 5) is 54.7. The number of hydrogen-bond donors (Lipinski definition) is 2. The molecule has 4 atom stereocenters. The minimum absolute atomic E-state index is 0.0632. The van der Waals surface area contributed by atoms with Gasteiger partial charge >= 0.3 is 6.03 Å². The van der Waals surface area contributed by atoms with Crippen LogP contribution in [0.25, 0.3) is 21.6 Å². The zero-order valence-electron chi connectivity index (χ0n) is 30.4. The molecule has 4 aliphatic rings. The number of amides is 4. The number of pyridine rings is 1. The van der Waals surface area contributed by atoms with E-state index in [4.69, 9.17) is 19.4 Å². The van der Waals surface area contributed by atoms with Crippen LogP contribution in [0.4, 0.5) is 4.79 Å². The number of allylic oxidation sites excluding steroid dienone is 1. The van der Waals surface area contributed by atoms with Gasteiger partial charge in [-0.15, -0.1) is 11.3 Å². The maximum Gasteiger partial charge on any atom is 0.319 e. The van der Waals surface area contributed by atoms with E-state index in [1.807, 2.05) is 42.7 Å². The highest BCUT2D eigenvalue weighted by Gasteiger charge is 2.63. The van der Waals surface area contributed by atoms with Crippen LogP contribution in [0, 0.1) is 12.8 Å². The Morgan fingerprint density at radius 2 is 1.94 bits per heavy atom. The highest BCUT2D eigenvalue weighted by atomic mass is 32.2. The second-order valence-electron chi connectivity index (χ2n) is 15.1. The fourth-order valence-electron chi connectivity index (χ4n) is 7.09. The number of carbonyl (C=O) groups is 3. The van der Waals surface area contributed by atoms with Crippen molar-refractivity contribution in [1.82, 2.24) is 29.8 Å². The fraction of sp³-hybridized carbons (Fsp3) is 0.541. The topological polar surface area (TPSA) is 160 Å². The summed E-state index contributed by atoms with van der Waals surface area (Å²) in [5.41, 5.74) is 1.69. The van der Waals surface area contributed by atoms with Crippen molar-refractivity contribution in [3.63, 3.8) is 0 Å². The molecule has 278 valence electrons. The van der Waals surface area contributed by atoms with Crippen molar-refractivity contribution >= 4 is 50.1 Å². The van der Waals surface area contributed by atoms with Crippen LogP contribution in [0.1, 0.15) is 76.5 Å². The summed E-state index contributed by atoms with van der Waals surface area (Å²) in [6, 6.07) is 4.12. The molecule has 52 heavy (non-hydrogen) atoms. The maximum absolute atomic E-state index is 14.2. The van der Waals surface area contributed by atoms with Crippen LogP contribution in [0.3, 0.4) is 0 Å². The van der Waals surface area contributed by atoms with E-state index in [0.717, 1.165) is 21.7 Å². The number of sulfonamides is 1. The predicted octanol–water partition coefficient (Wildman–Crippen LogP) is 4.90. The van der Waals surface area contributed by atoms with Gasteiger partial charge in [-0.25, -0.2) is 23.2 Å². The molecule has 2 N–H and O–H groups in total. The van der Waals surface area contributed by atoms with Gasteiger partial charge in [0.2, 0.25) is 15.9 Å². The number of urea groups is 1. The Labute approximate surface area is 308 Å². The lowest BCUT2D eigenvalue weighted by atomic mass is 10.1. The van der Waals surface area contributed by atoms with Crippen molar-refractivity contribution in [1.29, 1.82) is 0 Å². The molecule has 4 amide bonds. The number of nitrogens with zero attached hydrogens (tertiary/aromatic N) is 4. The Bertz CT molecular complexity index is 2080. The van der Waals surface area contributed by atoms with E-state index >= 15 is 0 Å². The number of rotatable bonds is 8. The zero-order valence-corrected chi connectivity index (χ0v) is 32.0. The minimum Gasteiger partial charge on any atom is -0.496 e. The number of aromatic nitrogens is 2. The molecule has 1 aromatic carbocycles. The third kappa shape index (κ3) is 6.50. The first kappa shape index (κ1) is 36.1. The Morgan fingerprint density at radius 3 is 2.63 bits per heavy atom.